The molecule has 0 radical (unpaired) electrons. The predicted molar refractivity (Wildman–Crippen MR) is 106 cm³/mol. The number of hydrogen-bond donors (Lipinski definition) is 0. The molecule has 138 valence electrons. The van der Waals surface area contributed by atoms with E-state index in [9.17, 15) is 0 Å². The minimum Gasteiger partial charge on any atom is -0.283 e. The van der Waals surface area contributed by atoms with Gasteiger partial charge in [0.2, 0.25) is 4.77 Å². The van der Waals surface area contributed by atoms with Gasteiger partial charge in [0.1, 0.15) is 0 Å². The molecule has 0 spiro atoms. The Bertz CT molecular complexity index is 1140. The van der Waals surface area contributed by atoms with Crippen LogP contribution in [0.1, 0.15) is 17.0 Å². The maximum atomic E-state index is 5.59. The number of rotatable bonds is 5. The molecular formula is C19H21N7S. The highest BCUT2D eigenvalue weighted by molar-refractivity contribution is 7.71. The van der Waals surface area contributed by atoms with Gasteiger partial charge in [0.15, 0.2) is 0 Å². The lowest BCUT2D eigenvalue weighted by Crippen LogP contribution is -2.22. The Kier molecular flexibility index (Phi) is 4.59. The molecule has 1 aromatic carbocycles. The van der Waals surface area contributed by atoms with Gasteiger partial charge >= 0.3 is 0 Å². The summed E-state index contributed by atoms with van der Waals surface area (Å²) in [5, 5.41) is 9.02. The third-order valence-electron chi connectivity index (χ3n) is 4.35. The lowest BCUT2D eigenvalue weighted by atomic mass is 10.3. The van der Waals surface area contributed by atoms with E-state index in [1.54, 1.807) is 0 Å². The van der Waals surface area contributed by atoms with E-state index in [-0.39, 0.29) is 0 Å². The molecular weight excluding hydrogens is 358 g/mol. The fourth-order valence-corrected chi connectivity index (χ4v) is 3.50. The second-order valence-electron chi connectivity index (χ2n) is 6.74. The summed E-state index contributed by atoms with van der Waals surface area (Å²) in [7, 11) is 2.04. The van der Waals surface area contributed by atoms with Gasteiger partial charge in [-0.2, -0.15) is 5.10 Å². The van der Waals surface area contributed by atoms with Crippen LogP contribution in [-0.4, -0.2) is 40.9 Å². The van der Waals surface area contributed by atoms with E-state index in [1.807, 2.05) is 83.5 Å². The first-order chi connectivity index (χ1) is 13.0. The Morgan fingerprint density at radius 2 is 1.93 bits per heavy atom. The van der Waals surface area contributed by atoms with E-state index in [2.05, 4.69) is 20.1 Å². The summed E-state index contributed by atoms with van der Waals surface area (Å²) in [5.41, 5.74) is 4.15. The summed E-state index contributed by atoms with van der Waals surface area (Å²) >= 11 is 5.59. The molecule has 4 aromatic rings. The SMILES string of the molecule is Cc1cc(C)n2c(=S)n(CN(C)Cc3cnn(-c4ccccc4)c3)nc2n1. The molecule has 4 rings (SSSR count). The minimum atomic E-state index is 0.581. The van der Waals surface area contributed by atoms with E-state index in [4.69, 9.17) is 12.2 Å². The number of benzene rings is 1. The second-order valence-corrected chi connectivity index (χ2v) is 7.11. The average Bonchev–Trinajstić information content (AvgIpc) is 3.21. The van der Waals surface area contributed by atoms with Crippen molar-refractivity contribution in [2.75, 3.05) is 7.05 Å². The van der Waals surface area contributed by atoms with Crippen molar-refractivity contribution in [3.63, 3.8) is 0 Å². The quantitative estimate of drug-likeness (QED) is 0.499. The van der Waals surface area contributed by atoms with Crippen molar-refractivity contribution in [3.8, 4) is 5.69 Å². The number of para-hydroxylation sites is 1. The zero-order valence-corrected chi connectivity index (χ0v) is 16.4. The second kappa shape index (κ2) is 7.05. The number of aromatic nitrogens is 6. The molecule has 7 nitrogen and oxygen atoms in total. The molecule has 0 atom stereocenters. The van der Waals surface area contributed by atoms with Crippen LogP contribution < -0.4 is 0 Å². The molecule has 0 saturated heterocycles. The summed E-state index contributed by atoms with van der Waals surface area (Å²) in [5.74, 6) is 0.641. The molecule has 0 N–H and O–H groups in total. The zero-order valence-electron chi connectivity index (χ0n) is 15.6. The molecule has 0 aliphatic rings. The molecule has 0 aliphatic heterocycles. The molecule has 27 heavy (non-hydrogen) atoms. The van der Waals surface area contributed by atoms with Gasteiger partial charge in [-0.1, -0.05) is 18.2 Å². The van der Waals surface area contributed by atoms with Gasteiger partial charge < -0.3 is 0 Å². The summed E-state index contributed by atoms with van der Waals surface area (Å²) in [6, 6.07) is 12.1. The zero-order chi connectivity index (χ0) is 19.0. The lowest BCUT2D eigenvalue weighted by Gasteiger charge is -2.14. The summed E-state index contributed by atoms with van der Waals surface area (Å²) in [6.07, 6.45) is 3.94. The molecule has 0 saturated carbocycles. The third kappa shape index (κ3) is 3.54. The van der Waals surface area contributed by atoms with Gasteiger partial charge in [0, 0.05) is 29.7 Å². The maximum Gasteiger partial charge on any atom is 0.254 e. The van der Waals surface area contributed by atoms with Crippen LogP contribution >= 0.6 is 12.2 Å². The smallest absolute Gasteiger partial charge is 0.254 e. The Labute approximate surface area is 162 Å². The van der Waals surface area contributed by atoms with Gasteiger partial charge in [0.05, 0.1) is 18.6 Å². The van der Waals surface area contributed by atoms with Crippen LogP contribution in [0.2, 0.25) is 0 Å². The van der Waals surface area contributed by atoms with Crippen molar-refractivity contribution in [2.45, 2.75) is 27.1 Å². The highest BCUT2D eigenvalue weighted by atomic mass is 32.1. The van der Waals surface area contributed by atoms with E-state index >= 15 is 0 Å². The molecule has 0 amide bonds. The van der Waals surface area contributed by atoms with Gasteiger partial charge in [-0.05, 0) is 51.3 Å². The number of hydrogen-bond acceptors (Lipinski definition) is 5. The monoisotopic (exact) mass is 379 g/mol. The van der Waals surface area contributed by atoms with Crippen LogP contribution in [0.25, 0.3) is 11.5 Å². The lowest BCUT2D eigenvalue weighted by molar-refractivity contribution is 0.244. The average molecular weight is 379 g/mol. The minimum absolute atomic E-state index is 0.581. The van der Waals surface area contributed by atoms with Crippen molar-refractivity contribution in [1.82, 2.24) is 33.8 Å². The normalized spacial score (nSPS) is 11.6. The van der Waals surface area contributed by atoms with Crippen LogP contribution in [-0.2, 0) is 13.2 Å². The molecule has 0 bridgehead atoms. The molecule has 8 heteroatoms. The van der Waals surface area contributed by atoms with Crippen LogP contribution in [0.15, 0.2) is 48.8 Å². The first-order valence-corrected chi connectivity index (χ1v) is 9.13. The van der Waals surface area contributed by atoms with Gasteiger partial charge in [0.25, 0.3) is 5.78 Å². The number of aryl methyl sites for hydroxylation is 2. The van der Waals surface area contributed by atoms with Crippen LogP contribution in [0.3, 0.4) is 0 Å². The van der Waals surface area contributed by atoms with Crippen molar-refractivity contribution in [1.29, 1.82) is 0 Å². The fourth-order valence-electron chi connectivity index (χ4n) is 3.18. The standard InChI is InChI=1S/C19H21N7S/c1-14-9-15(2)26-18(21-14)22-25(19(26)27)13-23(3)11-16-10-20-24(12-16)17-7-5-4-6-8-17/h4-10,12H,11,13H2,1-3H3. The fraction of sp³-hybridized carbons (Fsp3) is 0.263. The highest BCUT2D eigenvalue weighted by Crippen LogP contribution is 2.11. The van der Waals surface area contributed by atoms with Gasteiger partial charge in [-0.3, -0.25) is 9.30 Å². The first kappa shape index (κ1) is 17.6. The van der Waals surface area contributed by atoms with Crippen molar-refractivity contribution in [2.24, 2.45) is 0 Å². The Balaban J connectivity index is 1.52. The Hall–Kier alpha value is -2.84. The Morgan fingerprint density at radius 3 is 2.70 bits per heavy atom. The van der Waals surface area contributed by atoms with Crippen LogP contribution in [0.4, 0.5) is 0 Å². The molecule has 0 aliphatic carbocycles. The van der Waals surface area contributed by atoms with Crippen molar-refractivity contribution >= 4 is 18.0 Å². The van der Waals surface area contributed by atoms with E-state index < -0.39 is 0 Å². The topological polar surface area (TPSA) is 56.2 Å². The molecule has 0 unspecified atom stereocenters. The summed E-state index contributed by atoms with van der Waals surface area (Å²) in [6.45, 7) is 5.31. The van der Waals surface area contributed by atoms with Gasteiger partial charge in [-0.15, -0.1) is 5.10 Å². The number of nitrogens with zero attached hydrogens (tertiary/aromatic N) is 7. The van der Waals surface area contributed by atoms with Crippen molar-refractivity contribution < 1.29 is 0 Å². The Morgan fingerprint density at radius 1 is 1.15 bits per heavy atom. The molecule has 3 heterocycles. The summed E-state index contributed by atoms with van der Waals surface area (Å²) < 4.78 is 6.26. The van der Waals surface area contributed by atoms with Gasteiger partial charge in [-0.25, -0.2) is 14.3 Å². The molecule has 0 fully saturated rings. The first-order valence-electron chi connectivity index (χ1n) is 8.72. The van der Waals surface area contributed by atoms with Crippen LogP contribution in [0.5, 0.6) is 0 Å². The van der Waals surface area contributed by atoms with Crippen LogP contribution in [0, 0.1) is 18.6 Å². The third-order valence-corrected chi connectivity index (χ3v) is 4.75. The van der Waals surface area contributed by atoms with E-state index in [0.717, 1.165) is 29.2 Å². The highest BCUT2D eigenvalue weighted by Gasteiger charge is 2.11. The summed E-state index contributed by atoms with van der Waals surface area (Å²) in [4.78, 5) is 6.63. The van der Waals surface area contributed by atoms with E-state index in [0.29, 0.717) is 17.2 Å². The van der Waals surface area contributed by atoms with Crippen molar-refractivity contribution in [3.05, 3.63) is 70.5 Å². The number of fused-ring (bicyclic) bond motifs is 1. The predicted octanol–water partition coefficient (Wildman–Crippen LogP) is 3.15. The molecule has 3 aromatic heterocycles. The largest absolute Gasteiger partial charge is 0.283 e. The maximum absolute atomic E-state index is 5.59. The van der Waals surface area contributed by atoms with E-state index in [1.165, 1.54) is 0 Å².